The van der Waals surface area contributed by atoms with Crippen LogP contribution in [0.5, 0.6) is 0 Å². The second kappa shape index (κ2) is 9.21. The molecule has 35 heavy (non-hydrogen) atoms. The van der Waals surface area contributed by atoms with Crippen molar-refractivity contribution in [2.75, 3.05) is 29.6 Å². The molecule has 3 aromatic heterocycles. The van der Waals surface area contributed by atoms with Gasteiger partial charge in [-0.15, -0.1) is 0 Å². The highest BCUT2D eigenvalue weighted by Gasteiger charge is 2.39. The Balaban J connectivity index is 1.24. The molecule has 9 nitrogen and oxygen atoms in total. The van der Waals surface area contributed by atoms with Crippen molar-refractivity contribution < 1.29 is 18.6 Å². The third-order valence-corrected chi connectivity index (χ3v) is 8.62. The van der Waals surface area contributed by atoms with E-state index in [2.05, 4.69) is 26.7 Å². The van der Waals surface area contributed by atoms with Crippen LogP contribution < -0.4 is 10.2 Å². The van der Waals surface area contributed by atoms with E-state index in [1.54, 1.807) is 21.6 Å². The molecule has 3 fully saturated rings. The molecule has 5 heterocycles. The first-order valence-electron chi connectivity index (χ1n) is 12.1. The quantitative estimate of drug-likeness (QED) is 0.469. The van der Waals surface area contributed by atoms with Crippen LogP contribution >= 0.6 is 11.8 Å². The molecular formula is C23H29F2N7O2S. The highest BCUT2D eigenvalue weighted by molar-refractivity contribution is 7.99. The number of alkyl halides is 2. The zero-order valence-corrected chi connectivity index (χ0v) is 20.2. The summed E-state index contributed by atoms with van der Waals surface area (Å²) >= 11 is 1.86. The van der Waals surface area contributed by atoms with Gasteiger partial charge in [-0.1, -0.05) is 0 Å². The Morgan fingerprint density at radius 1 is 1.23 bits per heavy atom. The van der Waals surface area contributed by atoms with Crippen molar-refractivity contribution in [1.82, 2.24) is 24.4 Å². The highest BCUT2D eigenvalue weighted by atomic mass is 32.2. The van der Waals surface area contributed by atoms with Crippen LogP contribution in [0, 0.1) is 0 Å². The van der Waals surface area contributed by atoms with Crippen molar-refractivity contribution in [2.45, 2.75) is 68.2 Å². The Labute approximate surface area is 205 Å². The number of aromatic nitrogens is 5. The number of halogens is 2. The summed E-state index contributed by atoms with van der Waals surface area (Å²) in [4.78, 5) is 6.97. The van der Waals surface area contributed by atoms with E-state index in [0.717, 1.165) is 44.5 Å². The fraction of sp³-hybridized carbons (Fsp3) is 0.609. The summed E-state index contributed by atoms with van der Waals surface area (Å²) in [6, 6.07) is 2.29. The standard InChI is InChI=1S/C23H29F2N7O2S/c1-35-16-4-2-13(3-5-16)32-11-18(20(29-32)21(24)25)27-23(33)17-9-26-31-7-6-19(28-22(17)31)30-10-15-8-14(30)12-34-15/h6-7,9,11,13-16,21,23,27,33H,2-5,8,10,12H2,1H3. The van der Waals surface area contributed by atoms with Gasteiger partial charge in [-0.2, -0.15) is 22.0 Å². The number of thioether (sulfide) groups is 1. The number of nitrogens with zero attached hydrogens (tertiary/aromatic N) is 6. The van der Waals surface area contributed by atoms with Gasteiger partial charge in [0, 0.05) is 24.2 Å². The topological polar surface area (TPSA) is 92.7 Å². The lowest BCUT2D eigenvalue weighted by atomic mass is 9.95. The molecule has 0 aromatic carbocycles. The van der Waals surface area contributed by atoms with Crippen molar-refractivity contribution in [3.8, 4) is 0 Å². The summed E-state index contributed by atoms with van der Waals surface area (Å²) in [6.07, 6.45) is 8.12. The summed E-state index contributed by atoms with van der Waals surface area (Å²) in [6.45, 7) is 1.47. The smallest absolute Gasteiger partial charge is 0.284 e. The van der Waals surface area contributed by atoms with Crippen molar-refractivity contribution in [1.29, 1.82) is 0 Å². The lowest BCUT2D eigenvalue weighted by Crippen LogP contribution is -2.37. The molecule has 12 heteroatoms. The van der Waals surface area contributed by atoms with Crippen LogP contribution in [0.25, 0.3) is 5.65 Å². The first-order valence-corrected chi connectivity index (χ1v) is 13.4. The number of hydrogen-bond donors (Lipinski definition) is 2. The number of rotatable bonds is 7. The van der Waals surface area contributed by atoms with Crippen molar-refractivity contribution in [3.63, 3.8) is 0 Å². The average Bonchev–Trinajstić information content (AvgIpc) is 3.66. The molecule has 3 atom stereocenters. The summed E-state index contributed by atoms with van der Waals surface area (Å²) in [7, 11) is 0. The maximum Gasteiger partial charge on any atom is 0.284 e. The van der Waals surface area contributed by atoms with Gasteiger partial charge in [0.1, 0.15) is 5.82 Å². The Bertz CT molecular complexity index is 1200. The second-order valence-corrected chi connectivity index (χ2v) is 10.7. The number of ether oxygens (including phenoxy) is 1. The minimum atomic E-state index is -2.75. The molecule has 0 radical (unpaired) electrons. The predicted octanol–water partition coefficient (Wildman–Crippen LogP) is 3.79. The largest absolute Gasteiger partial charge is 0.374 e. The zero-order chi connectivity index (χ0) is 24.1. The first-order chi connectivity index (χ1) is 17.0. The van der Waals surface area contributed by atoms with Crippen LogP contribution in [0.15, 0.2) is 24.7 Å². The molecule has 3 unspecified atom stereocenters. The molecule has 0 spiro atoms. The molecule has 2 N–H and O–H groups in total. The van der Waals surface area contributed by atoms with Gasteiger partial charge in [-0.05, 0) is 44.4 Å². The number of aliphatic hydroxyl groups excluding tert-OH is 1. The summed E-state index contributed by atoms with van der Waals surface area (Å²) in [5.41, 5.74) is 0.673. The van der Waals surface area contributed by atoms with Gasteiger partial charge in [0.05, 0.1) is 42.2 Å². The number of morpholine rings is 1. The van der Waals surface area contributed by atoms with Gasteiger partial charge in [0.2, 0.25) is 0 Å². The van der Waals surface area contributed by atoms with E-state index in [9.17, 15) is 13.9 Å². The second-order valence-electron chi connectivity index (χ2n) is 9.57. The molecule has 0 amide bonds. The van der Waals surface area contributed by atoms with E-state index in [1.165, 1.54) is 6.20 Å². The fourth-order valence-corrected chi connectivity index (χ4v) is 6.29. The van der Waals surface area contributed by atoms with Gasteiger partial charge in [-0.3, -0.25) is 4.68 Å². The highest BCUT2D eigenvalue weighted by Crippen LogP contribution is 2.37. The van der Waals surface area contributed by atoms with E-state index in [0.29, 0.717) is 29.1 Å². The third-order valence-electron chi connectivity index (χ3n) is 7.48. The number of fused-ring (bicyclic) bond motifs is 3. The monoisotopic (exact) mass is 505 g/mol. The minimum Gasteiger partial charge on any atom is -0.374 e. The van der Waals surface area contributed by atoms with Crippen molar-refractivity contribution >= 4 is 28.9 Å². The molecule has 2 saturated heterocycles. The fourth-order valence-electron chi connectivity index (χ4n) is 5.55. The Kier molecular flexibility index (Phi) is 6.05. The van der Waals surface area contributed by atoms with Gasteiger partial charge in [0.15, 0.2) is 17.6 Å². The zero-order valence-electron chi connectivity index (χ0n) is 19.4. The number of nitrogens with one attached hydrogen (secondary N) is 1. The van der Waals surface area contributed by atoms with Crippen molar-refractivity contribution in [3.05, 3.63) is 35.9 Å². The first kappa shape index (κ1) is 23.0. The van der Waals surface area contributed by atoms with Gasteiger partial charge in [-0.25, -0.2) is 18.3 Å². The maximum absolute atomic E-state index is 13.8. The van der Waals surface area contributed by atoms with Crippen LogP contribution in [0.2, 0.25) is 0 Å². The van der Waals surface area contributed by atoms with E-state index >= 15 is 0 Å². The van der Waals surface area contributed by atoms with E-state index in [4.69, 9.17) is 9.72 Å². The number of aliphatic hydroxyl groups is 1. The summed E-state index contributed by atoms with van der Waals surface area (Å²) in [5.74, 6) is 0.796. The normalized spacial score (nSPS) is 27.3. The van der Waals surface area contributed by atoms with E-state index in [1.807, 2.05) is 17.8 Å². The van der Waals surface area contributed by atoms with Crippen LogP contribution in [0.1, 0.15) is 62.1 Å². The van der Waals surface area contributed by atoms with Gasteiger partial charge < -0.3 is 20.1 Å². The Morgan fingerprint density at radius 2 is 2.06 bits per heavy atom. The Morgan fingerprint density at radius 3 is 2.74 bits per heavy atom. The molecular weight excluding hydrogens is 476 g/mol. The lowest BCUT2D eigenvalue weighted by molar-refractivity contribution is 0.0989. The van der Waals surface area contributed by atoms with E-state index in [-0.39, 0.29) is 23.5 Å². The average molecular weight is 506 g/mol. The Hall–Kier alpha value is -2.44. The number of hydrogen-bond acceptors (Lipinski definition) is 8. The van der Waals surface area contributed by atoms with Crippen LogP contribution in [0.3, 0.4) is 0 Å². The molecule has 2 bridgehead atoms. The van der Waals surface area contributed by atoms with Crippen molar-refractivity contribution in [2.24, 2.45) is 0 Å². The van der Waals surface area contributed by atoms with Crippen LogP contribution in [-0.4, -0.2) is 66.3 Å². The van der Waals surface area contributed by atoms with E-state index < -0.39 is 12.7 Å². The van der Waals surface area contributed by atoms with Gasteiger partial charge >= 0.3 is 0 Å². The molecule has 2 aliphatic heterocycles. The van der Waals surface area contributed by atoms with Crippen LogP contribution in [-0.2, 0) is 4.74 Å². The minimum absolute atomic E-state index is 0.0876. The molecule has 188 valence electrons. The maximum atomic E-state index is 13.8. The molecule has 6 rings (SSSR count). The third kappa shape index (κ3) is 4.25. The lowest BCUT2D eigenvalue weighted by Gasteiger charge is -2.27. The summed E-state index contributed by atoms with van der Waals surface area (Å²) < 4.78 is 36.6. The number of anilines is 2. The van der Waals surface area contributed by atoms with Gasteiger partial charge in [0.25, 0.3) is 6.43 Å². The van der Waals surface area contributed by atoms with Crippen LogP contribution in [0.4, 0.5) is 20.3 Å². The predicted molar refractivity (Wildman–Crippen MR) is 129 cm³/mol. The SMILES string of the molecule is CSC1CCC(n2cc(NC(O)c3cnn4ccc(N5CC6CC5CO6)nc34)c(C(F)F)n2)CC1. The molecule has 3 aliphatic rings. The molecule has 1 aliphatic carbocycles. The molecule has 3 aromatic rings. The molecule has 1 saturated carbocycles. The summed E-state index contributed by atoms with van der Waals surface area (Å²) in [5, 5.41) is 22.9.